The van der Waals surface area contributed by atoms with Crippen LogP contribution in [0, 0.1) is 11.3 Å². The molecular formula is C12H11NO2. The van der Waals surface area contributed by atoms with E-state index in [1.165, 1.54) is 0 Å². The third-order valence-corrected chi connectivity index (χ3v) is 3.00. The van der Waals surface area contributed by atoms with Crippen LogP contribution in [0.2, 0.25) is 0 Å². The van der Waals surface area contributed by atoms with Gasteiger partial charge in [0.05, 0.1) is 11.6 Å². The average molecular weight is 201 g/mol. The molecular weight excluding hydrogens is 190 g/mol. The smallest absolute Gasteiger partial charge is 0.132 e. The lowest BCUT2D eigenvalue weighted by Crippen LogP contribution is -2.37. The Kier molecular flexibility index (Phi) is 1.48. The molecule has 0 aromatic heterocycles. The van der Waals surface area contributed by atoms with E-state index in [0.29, 0.717) is 5.56 Å². The Morgan fingerprint density at radius 3 is 2.93 bits per heavy atom. The third kappa shape index (κ3) is 1.15. The number of epoxide rings is 1. The summed E-state index contributed by atoms with van der Waals surface area (Å²) in [5.74, 6) is 0.845. The van der Waals surface area contributed by atoms with Gasteiger partial charge >= 0.3 is 0 Å². The molecule has 0 bridgehead atoms. The van der Waals surface area contributed by atoms with Gasteiger partial charge in [-0.3, -0.25) is 0 Å². The highest BCUT2D eigenvalue weighted by atomic mass is 16.6. The molecule has 76 valence electrons. The minimum Gasteiger partial charge on any atom is -0.485 e. The van der Waals surface area contributed by atoms with E-state index in [1.54, 1.807) is 6.07 Å². The van der Waals surface area contributed by atoms with Crippen LogP contribution < -0.4 is 4.74 Å². The number of ether oxygens (including phenoxy) is 2. The highest BCUT2D eigenvalue weighted by Gasteiger charge is 2.56. The lowest BCUT2D eigenvalue weighted by atomic mass is 9.93. The van der Waals surface area contributed by atoms with Gasteiger partial charge in [-0.2, -0.15) is 5.26 Å². The van der Waals surface area contributed by atoms with Gasteiger partial charge in [0.15, 0.2) is 0 Å². The number of hydrogen-bond donors (Lipinski definition) is 0. The van der Waals surface area contributed by atoms with Gasteiger partial charge in [0.2, 0.25) is 0 Å². The summed E-state index contributed by atoms with van der Waals surface area (Å²) < 4.78 is 11.4. The maximum Gasteiger partial charge on any atom is 0.132 e. The fourth-order valence-electron chi connectivity index (χ4n) is 2.15. The molecule has 0 radical (unpaired) electrons. The Morgan fingerprint density at radius 1 is 1.40 bits per heavy atom. The van der Waals surface area contributed by atoms with Crippen LogP contribution in [0.5, 0.6) is 5.75 Å². The highest BCUT2D eigenvalue weighted by Crippen LogP contribution is 2.53. The van der Waals surface area contributed by atoms with Gasteiger partial charge < -0.3 is 9.47 Å². The highest BCUT2D eigenvalue weighted by molar-refractivity contribution is 5.47. The number of benzene rings is 1. The number of fused-ring (bicyclic) bond motifs is 3. The summed E-state index contributed by atoms with van der Waals surface area (Å²) in [6.07, 6.45) is 0.260. The van der Waals surface area contributed by atoms with E-state index in [1.807, 2.05) is 26.0 Å². The van der Waals surface area contributed by atoms with Gasteiger partial charge in [0.1, 0.15) is 23.6 Å². The first-order chi connectivity index (χ1) is 7.12. The normalized spacial score (nSPS) is 29.4. The second-order valence-corrected chi connectivity index (χ2v) is 4.55. The van der Waals surface area contributed by atoms with Crippen molar-refractivity contribution in [2.75, 3.05) is 0 Å². The molecule has 2 atom stereocenters. The quantitative estimate of drug-likeness (QED) is 0.604. The molecule has 1 aromatic rings. The summed E-state index contributed by atoms with van der Waals surface area (Å²) in [4.78, 5) is 0. The zero-order valence-corrected chi connectivity index (χ0v) is 8.65. The van der Waals surface area contributed by atoms with Crippen molar-refractivity contribution in [1.29, 1.82) is 5.26 Å². The molecule has 0 N–H and O–H groups in total. The van der Waals surface area contributed by atoms with Crippen LogP contribution in [0.3, 0.4) is 0 Å². The Labute approximate surface area is 88.2 Å². The Morgan fingerprint density at radius 2 is 2.20 bits per heavy atom. The van der Waals surface area contributed by atoms with Gasteiger partial charge in [-0.05, 0) is 32.0 Å². The standard InChI is InChI=1S/C12H11NO2/c1-12(2)11-10(14-11)8-5-7(6-13)3-4-9(8)15-12/h3-5,10-11H,1-2H3. The van der Waals surface area contributed by atoms with E-state index in [2.05, 4.69) is 6.07 Å². The zero-order chi connectivity index (χ0) is 10.6. The molecule has 2 heterocycles. The SMILES string of the molecule is CC1(C)Oc2ccc(C#N)cc2C2OC21. The minimum atomic E-state index is -0.258. The van der Waals surface area contributed by atoms with Gasteiger partial charge in [-0.1, -0.05) is 0 Å². The lowest BCUT2D eigenvalue weighted by molar-refractivity contribution is 0.0725. The van der Waals surface area contributed by atoms with Crippen LogP contribution in [-0.2, 0) is 4.74 Å². The van der Waals surface area contributed by atoms with Crippen molar-refractivity contribution >= 4 is 0 Å². The maximum atomic E-state index is 8.81. The summed E-state index contributed by atoms with van der Waals surface area (Å²) in [5.41, 5.74) is 1.41. The van der Waals surface area contributed by atoms with E-state index < -0.39 is 0 Å². The monoisotopic (exact) mass is 201 g/mol. The van der Waals surface area contributed by atoms with Crippen molar-refractivity contribution in [3.05, 3.63) is 29.3 Å². The summed E-state index contributed by atoms with van der Waals surface area (Å²) in [5, 5.41) is 8.81. The molecule has 2 unspecified atom stereocenters. The van der Waals surface area contributed by atoms with E-state index >= 15 is 0 Å². The van der Waals surface area contributed by atoms with Gasteiger partial charge in [0.25, 0.3) is 0 Å². The topological polar surface area (TPSA) is 45.5 Å². The van der Waals surface area contributed by atoms with Crippen LogP contribution in [0.4, 0.5) is 0 Å². The molecule has 0 saturated carbocycles. The fraction of sp³-hybridized carbons (Fsp3) is 0.417. The fourth-order valence-corrected chi connectivity index (χ4v) is 2.15. The van der Waals surface area contributed by atoms with Crippen molar-refractivity contribution in [3.8, 4) is 11.8 Å². The van der Waals surface area contributed by atoms with Gasteiger partial charge in [-0.25, -0.2) is 0 Å². The second-order valence-electron chi connectivity index (χ2n) is 4.55. The van der Waals surface area contributed by atoms with Crippen molar-refractivity contribution in [3.63, 3.8) is 0 Å². The number of rotatable bonds is 0. The van der Waals surface area contributed by atoms with Crippen LogP contribution in [0.1, 0.15) is 31.1 Å². The van der Waals surface area contributed by atoms with Crippen LogP contribution in [0.15, 0.2) is 18.2 Å². The third-order valence-electron chi connectivity index (χ3n) is 3.00. The van der Waals surface area contributed by atoms with Gasteiger partial charge in [-0.15, -0.1) is 0 Å². The minimum absolute atomic E-state index is 0.122. The molecule has 3 heteroatoms. The summed E-state index contributed by atoms with van der Waals surface area (Å²) >= 11 is 0. The number of hydrogen-bond acceptors (Lipinski definition) is 3. The Balaban J connectivity index is 2.10. The predicted octanol–water partition coefficient (Wildman–Crippen LogP) is 2.17. The van der Waals surface area contributed by atoms with E-state index in [9.17, 15) is 0 Å². The first kappa shape index (κ1) is 8.75. The predicted molar refractivity (Wildman–Crippen MR) is 53.5 cm³/mol. The molecule has 0 spiro atoms. The lowest BCUT2D eigenvalue weighted by Gasteiger charge is -2.29. The van der Waals surface area contributed by atoms with Gasteiger partial charge in [0, 0.05) is 5.56 Å². The van der Waals surface area contributed by atoms with Crippen molar-refractivity contribution in [2.24, 2.45) is 0 Å². The largest absolute Gasteiger partial charge is 0.485 e. The van der Waals surface area contributed by atoms with Crippen LogP contribution >= 0.6 is 0 Å². The Hall–Kier alpha value is -1.53. The Bertz CT molecular complexity index is 473. The molecule has 1 saturated heterocycles. The molecule has 3 nitrogen and oxygen atoms in total. The van der Waals surface area contributed by atoms with Crippen molar-refractivity contribution < 1.29 is 9.47 Å². The summed E-state index contributed by atoms with van der Waals surface area (Å²) in [6.45, 7) is 4.05. The molecule has 1 aromatic carbocycles. The van der Waals surface area contributed by atoms with Crippen molar-refractivity contribution in [2.45, 2.75) is 31.7 Å². The molecule has 3 rings (SSSR count). The van der Waals surface area contributed by atoms with Crippen molar-refractivity contribution in [1.82, 2.24) is 0 Å². The molecule has 2 aliphatic rings. The van der Waals surface area contributed by atoms with E-state index in [4.69, 9.17) is 14.7 Å². The molecule has 0 amide bonds. The molecule has 1 fully saturated rings. The molecule has 0 aliphatic carbocycles. The van der Waals surface area contributed by atoms with E-state index in [0.717, 1.165) is 11.3 Å². The molecule has 15 heavy (non-hydrogen) atoms. The maximum absolute atomic E-state index is 8.81. The van der Waals surface area contributed by atoms with Crippen LogP contribution in [-0.4, -0.2) is 11.7 Å². The first-order valence-corrected chi connectivity index (χ1v) is 5.00. The van der Waals surface area contributed by atoms with Crippen LogP contribution in [0.25, 0.3) is 0 Å². The summed E-state index contributed by atoms with van der Waals surface area (Å²) in [7, 11) is 0. The number of nitriles is 1. The first-order valence-electron chi connectivity index (χ1n) is 5.00. The number of nitrogens with zero attached hydrogens (tertiary/aromatic N) is 1. The molecule has 2 aliphatic heterocycles. The second kappa shape index (κ2) is 2.53. The van der Waals surface area contributed by atoms with E-state index in [-0.39, 0.29) is 17.8 Å². The summed E-state index contributed by atoms with van der Waals surface area (Å²) in [6, 6.07) is 7.61. The zero-order valence-electron chi connectivity index (χ0n) is 8.65. The average Bonchev–Trinajstić information content (AvgIpc) is 2.97.